The summed E-state index contributed by atoms with van der Waals surface area (Å²) >= 11 is 0. The minimum absolute atomic E-state index is 0.161. The van der Waals surface area contributed by atoms with Crippen molar-refractivity contribution >= 4 is 65.0 Å². The topological polar surface area (TPSA) is 13.1 Å². The predicted octanol–water partition coefficient (Wildman–Crippen LogP) is 13.2. The Hall–Kier alpha value is -6.18. The van der Waals surface area contributed by atoms with Gasteiger partial charge in [0.15, 0.2) is 0 Å². The van der Waals surface area contributed by atoms with Crippen LogP contribution < -0.4 is 0 Å². The van der Waals surface area contributed by atoms with Gasteiger partial charge in [0.05, 0.1) is 11.0 Å². The van der Waals surface area contributed by atoms with Crippen molar-refractivity contribution in [3.05, 3.63) is 170 Å². The first-order valence-corrected chi connectivity index (χ1v) is 15.5. The van der Waals surface area contributed by atoms with Crippen molar-refractivity contribution in [2.24, 2.45) is 0 Å². The molecule has 0 aliphatic heterocycles. The summed E-state index contributed by atoms with van der Waals surface area (Å²) in [5.41, 5.74) is 4.49. The zero-order chi connectivity index (χ0) is 37.9. The molecule has 0 radical (unpaired) electrons. The van der Waals surface area contributed by atoms with E-state index in [4.69, 9.17) is 9.90 Å². The summed E-state index contributed by atoms with van der Waals surface area (Å²) in [5.74, 6) is 0. The van der Waals surface area contributed by atoms with Crippen LogP contribution in [0.1, 0.15) is 11.0 Å². The van der Waals surface area contributed by atoms with Gasteiger partial charge in [-0.1, -0.05) is 139 Å². The summed E-state index contributed by atoms with van der Waals surface area (Å²) < 4.78 is 80.1. The van der Waals surface area contributed by atoms with Crippen LogP contribution in [0.15, 0.2) is 174 Å². The summed E-state index contributed by atoms with van der Waals surface area (Å²) in [4.78, 5) is 0. The molecule has 47 heavy (non-hydrogen) atoms. The van der Waals surface area contributed by atoms with Crippen molar-refractivity contribution < 1.29 is 15.4 Å². The lowest BCUT2D eigenvalue weighted by Crippen LogP contribution is -1.92. The van der Waals surface area contributed by atoms with Gasteiger partial charge in [-0.3, -0.25) is 0 Å². The van der Waals surface area contributed by atoms with E-state index < -0.39 is 24.2 Å². The molecule has 9 aromatic carbocycles. The highest BCUT2D eigenvalue weighted by atomic mass is 16.3. The van der Waals surface area contributed by atoms with E-state index in [1.54, 1.807) is 0 Å². The Labute approximate surface area is 283 Å². The molecule has 0 bridgehead atoms. The van der Waals surface area contributed by atoms with Crippen LogP contribution in [0.3, 0.4) is 0 Å². The van der Waals surface area contributed by atoms with Crippen molar-refractivity contribution in [3.63, 3.8) is 0 Å². The second kappa shape index (κ2) is 10.2. The van der Waals surface area contributed by atoms with Gasteiger partial charge in [0, 0.05) is 10.8 Å². The molecule has 10 aromatic rings. The molecule has 0 spiro atoms. The molecule has 0 saturated heterocycles. The fraction of sp³-hybridized carbons (Fsp3) is 0. The summed E-state index contributed by atoms with van der Waals surface area (Å²) in [5, 5.41) is 6.04. The molecule has 0 fully saturated rings. The van der Waals surface area contributed by atoms with Crippen molar-refractivity contribution in [3.8, 4) is 33.4 Å². The van der Waals surface area contributed by atoms with Crippen LogP contribution in [-0.2, 0) is 0 Å². The minimum atomic E-state index is -0.442. The molecular formula is C46H28O. The Morgan fingerprint density at radius 2 is 0.915 bits per heavy atom. The molecule has 1 heterocycles. The van der Waals surface area contributed by atoms with Gasteiger partial charge < -0.3 is 4.42 Å². The largest absolute Gasteiger partial charge is 0.456 e. The summed E-state index contributed by atoms with van der Waals surface area (Å²) in [6, 6.07) is 36.2. The number of furan rings is 1. The molecule has 0 N–H and O–H groups in total. The lowest BCUT2D eigenvalue weighted by molar-refractivity contribution is 0.669. The van der Waals surface area contributed by atoms with E-state index in [1.165, 1.54) is 0 Å². The molecule has 1 heteroatoms. The van der Waals surface area contributed by atoms with E-state index >= 15 is 0 Å². The SMILES string of the molecule is [2H]c1c([2H])c([2H])c2c(-c3cc(-c4ccc5ccccc5c4)cc4oc5ccccc5c34)c3c([2H])c([2H])c([2H])c([2H])c3c(-c3ccc4ccccc4c3)c2c1[2H]. The first-order valence-electron chi connectivity index (χ1n) is 19.5. The van der Waals surface area contributed by atoms with Crippen molar-refractivity contribution in [1.82, 2.24) is 0 Å². The van der Waals surface area contributed by atoms with Gasteiger partial charge in [0.1, 0.15) is 11.2 Å². The van der Waals surface area contributed by atoms with Gasteiger partial charge in [-0.2, -0.15) is 0 Å². The minimum Gasteiger partial charge on any atom is -0.456 e. The number of hydrogen-bond donors (Lipinski definition) is 0. The van der Waals surface area contributed by atoms with Gasteiger partial charge in [-0.25, -0.2) is 0 Å². The van der Waals surface area contributed by atoms with Crippen LogP contribution in [0.25, 0.3) is 98.4 Å². The van der Waals surface area contributed by atoms with E-state index in [-0.39, 0.29) is 51.3 Å². The number of fused-ring (bicyclic) bond motifs is 7. The van der Waals surface area contributed by atoms with E-state index in [0.29, 0.717) is 33.2 Å². The zero-order valence-corrected chi connectivity index (χ0v) is 25.0. The monoisotopic (exact) mass is 604 g/mol. The maximum Gasteiger partial charge on any atom is 0.136 e. The molecule has 10 rings (SSSR count). The number of benzene rings is 9. The zero-order valence-electron chi connectivity index (χ0n) is 33.0. The highest BCUT2D eigenvalue weighted by molar-refractivity contribution is 6.26. The van der Waals surface area contributed by atoms with Gasteiger partial charge in [-0.15, -0.1) is 0 Å². The molecule has 0 unspecified atom stereocenters. The molecule has 218 valence electrons. The molecule has 0 atom stereocenters. The van der Waals surface area contributed by atoms with E-state index in [1.807, 2.05) is 115 Å². The van der Waals surface area contributed by atoms with Crippen LogP contribution in [-0.4, -0.2) is 0 Å². The van der Waals surface area contributed by atoms with Crippen LogP contribution in [0.5, 0.6) is 0 Å². The lowest BCUT2D eigenvalue weighted by Gasteiger charge is -2.19. The first-order chi connectivity index (χ1) is 26.6. The van der Waals surface area contributed by atoms with Crippen molar-refractivity contribution in [2.45, 2.75) is 0 Å². The molecular weight excluding hydrogens is 569 g/mol. The Bertz CT molecular complexity index is 3230. The molecule has 0 aliphatic carbocycles. The van der Waals surface area contributed by atoms with Crippen molar-refractivity contribution in [1.29, 1.82) is 0 Å². The highest BCUT2D eigenvalue weighted by Gasteiger charge is 2.21. The van der Waals surface area contributed by atoms with E-state index in [9.17, 15) is 5.48 Å². The molecule has 1 aromatic heterocycles. The van der Waals surface area contributed by atoms with E-state index in [2.05, 4.69) is 6.07 Å². The van der Waals surface area contributed by atoms with Gasteiger partial charge in [0.2, 0.25) is 0 Å². The van der Waals surface area contributed by atoms with Crippen molar-refractivity contribution in [2.75, 3.05) is 0 Å². The second-order valence-electron chi connectivity index (χ2n) is 11.9. The van der Waals surface area contributed by atoms with E-state index in [0.717, 1.165) is 38.1 Å². The Balaban J connectivity index is 1.47. The summed E-state index contributed by atoms with van der Waals surface area (Å²) in [7, 11) is 0. The number of rotatable bonds is 3. The third-order valence-corrected chi connectivity index (χ3v) is 9.24. The first kappa shape index (κ1) is 19.4. The van der Waals surface area contributed by atoms with Crippen LogP contribution in [0.4, 0.5) is 0 Å². The predicted molar refractivity (Wildman–Crippen MR) is 200 cm³/mol. The standard InChI is InChI=1S/C46H28O/c1-3-13-31-25-33(23-21-29(31)11-1)35-27-41(46-40-19-9-10-20-42(40)47-43(46)28-35)45-38-17-7-5-15-36(38)44(37-16-6-8-18-39(37)45)34-24-22-30-12-2-4-14-32(30)26-34/h1-28H/i5D,6D,7D,8D,15D,16D,17D,18D. The molecule has 0 amide bonds. The molecule has 0 saturated carbocycles. The normalized spacial score (nSPS) is 14.2. The number of para-hydroxylation sites is 1. The highest BCUT2D eigenvalue weighted by Crippen LogP contribution is 2.48. The maximum absolute atomic E-state index is 9.54. The summed E-state index contributed by atoms with van der Waals surface area (Å²) in [6.07, 6.45) is 0. The number of hydrogen-bond acceptors (Lipinski definition) is 1. The third-order valence-electron chi connectivity index (χ3n) is 9.24. The quantitative estimate of drug-likeness (QED) is 0.183. The smallest absolute Gasteiger partial charge is 0.136 e. The van der Waals surface area contributed by atoms with Crippen LogP contribution in [0.2, 0.25) is 0 Å². The van der Waals surface area contributed by atoms with Crippen LogP contribution in [0, 0.1) is 0 Å². The van der Waals surface area contributed by atoms with Gasteiger partial charge in [0.25, 0.3) is 0 Å². The van der Waals surface area contributed by atoms with Gasteiger partial charge in [-0.05, 0) is 107 Å². The van der Waals surface area contributed by atoms with Gasteiger partial charge >= 0.3 is 0 Å². The Kier molecular flexibility index (Phi) is 4.19. The fourth-order valence-electron chi connectivity index (χ4n) is 7.11. The molecule has 0 aliphatic rings. The Morgan fingerprint density at radius 3 is 1.57 bits per heavy atom. The molecule has 1 nitrogen and oxygen atoms in total. The third kappa shape index (κ3) is 4.03. The average Bonchev–Trinajstić information content (AvgIpc) is 3.60. The maximum atomic E-state index is 9.54. The average molecular weight is 605 g/mol. The Morgan fingerprint density at radius 1 is 0.383 bits per heavy atom. The summed E-state index contributed by atoms with van der Waals surface area (Å²) in [6.45, 7) is 0. The fourth-order valence-corrected chi connectivity index (χ4v) is 7.11. The van der Waals surface area contributed by atoms with Crippen LogP contribution >= 0.6 is 0 Å². The lowest BCUT2D eigenvalue weighted by atomic mass is 9.84. The second-order valence-corrected chi connectivity index (χ2v) is 11.9.